The van der Waals surface area contributed by atoms with Crippen LogP contribution in [0.1, 0.15) is 37.2 Å². The van der Waals surface area contributed by atoms with Gasteiger partial charge in [0.05, 0.1) is 15.7 Å². The van der Waals surface area contributed by atoms with E-state index in [9.17, 15) is 9.59 Å². The molecule has 2 aromatic rings. The van der Waals surface area contributed by atoms with E-state index in [0.717, 1.165) is 23.3 Å². The van der Waals surface area contributed by atoms with Crippen molar-refractivity contribution in [3.63, 3.8) is 0 Å². The Morgan fingerprint density at radius 2 is 1.63 bits per heavy atom. The molecule has 0 bridgehead atoms. The molecule has 0 fully saturated rings. The molecule has 0 saturated carbocycles. The van der Waals surface area contributed by atoms with Gasteiger partial charge in [-0.05, 0) is 48.7 Å². The highest BCUT2D eigenvalue weighted by Gasteiger charge is 2.39. The summed E-state index contributed by atoms with van der Waals surface area (Å²) in [7, 11) is 0. The van der Waals surface area contributed by atoms with E-state index < -0.39 is 0 Å². The van der Waals surface area contributed by atoms with Crippen LogP contribution in [-0.4, -0.2) is 11.7 Å². The number of benzene rings is 2. The number of nitrogens with zero attached hydrogens (tertiary/aromatic N) is 1. The van der Waals surface area contributed by atoms with Crippen LogP contribution in [0.15, 0.2) is 53.7 Å². The van der Waals surface area contributed by atoms with Gasteiger partial charge in [0.1, 0.15) is 0 Å². The molecule has 1 unspecified atom stereocenters. The van der Waals surface area contributed by atoms with Crippen molar-refractivity contribution in [1.29, 1.82) is 0 Å². The maximum absolute atomic E-state index is 13.1. The number of anilines is 1. The molecule has 1 aliphatic carbocycles. The topological polar surface area (TPSA) is 37.4 Å². The highest BCUT2D eigenvalue weighted by Crippen LogP contribution is 2.44. The van der Waals surface area contributed by atoms with Crippen molar-refractivity contribution in [3.8, 4) is 0 Å². The molecule has 0 radical (unpaired) electrons. The molecule has 0 N–H and O–H groups in total. The fraction of sp³-hybridized carbons (Fsp3) is 0.238. The maximum atomic E-state index is 13.1. The highest BCUT2D eigenvalue weighted by molar-refractivity contribution is 6.42. The van der Waals surface area contributed by atoms with E-state index in [1.165, 1.54) is 0 Å². The molecule has 1 amide bonds. The first-order valence-electron chi connectivity index (χ1n) is 8.75. The van der Waals surface area contributed by atoms with Crippen LogP contribution < -0.4 is 4.90 Å². The first kappa shape index (κ1) is 18.5. The number of halogens is 3. The van der Waals surface area contributed by atoms with Gasteiger partial charge in [-0.1, -0.05) is 46.9 Å². The first-order chi connectivity index (χ1) is 13.0. The van der Waals surface area contributed by atoms with E-state index in [0.29, 0.717) is 33.6 Å². The SMILES string of the molecule is O=C1CCCC2=C1C(c1ccc(Cl)cc1)CC(=O)N2c1ccc(Cl)c(Cl)c1. The standard InChI is InChI=1S/C21H16Cl3NO2/c22-13-6-4-12(5-7-13)15-11-20(27)25(14-8-9-16(23)17(24)10-14)18-2-1-3-19(26)21(15)18/h4-10,15H,1-3,11H2. The van der Waals surface area contributed by atoms with Gasteiger partial charge in [-0.25, -0.2) is 0 Å². The summed E-state index contributed by atoms with van der Waals surface area (Å²) in [6, 6.07) is 12.5. The predicted molar refractivity (Wildman–Crippen MR) is 109 cm³/mol. The lowest BCUT2D eigenvalue weighted by Gasteiger charge is -2.38. The quantitative estimate of drug-likeness (QED) is 0.582. The summed E-state index contributed by atoms with van der Waals surface area (Å²) >= 11 is 18.2. The van der Waals surface area contributed by atoms with Crippen LogP contribution in [0, 0.1) is 0 Å². The van der Waals surface area contributed by atoms with E-state index in [4.69, 9.17) is 34.8 Å². The number of allylic oxidation sites excluding steroid dienone is 2. The second kappa shape index (κ2) is 7.31. The molecule has 0 aromatic heterocycles. The minimum atomic E-state index is -0.239. The van der Waals surface area contributed by atoms with Gasteiger partial charge >= 0.3 is 0 Å². The third kappa shape index (κ3) is 3.40. The second-order valence-electron chi connectivity index (χ2n) is 6.77. The molecule has 138 valence electrons. The van der Waals surface area contributed by atoms with E-state index in [2.05, 4.69) is 0 Å². The molecule has 3 nitrogen and oxygen atoms in total. The van der Waals surface area contributed by atoms with Gasteiger partial charge in [0, 0.05) is 35.1 Å². The Bertz CT molecular complexity index is 966. The number of amides is 1. The maximum Gasteiger partial charge on any atom is 0.232 e. The summed E-state index contributed by atoms with van der Waals surface area (Å²) in [5, 5.41) is 1.44. The van der Waals surface area contributed by atoms with Gasteiger partial charge in [0.25, 0.3) is 0 Å². The Balaban J connectivity index is 1.85. The normalized spacial score (nSPS) is 20.1. The number of carbonyl (C=O) groups is 2. The third-order valence-corrected chi connectivity index (χ3v) is 6.10. The van der Waals surface area contributed by atoms with E-state index in [1.54, 1.807) is 35.2 Å². The largest absolute Gasteiger partial charge is 0.294 e. The number of ketones is 1. The average Bonchev–Trinajstić information content (AvgIpc) is 2.64. The van der Waals surface area contributed by atoms with Crippen molar-refractivity contribution in [2.24, 2.45) is 0 Å². The van der Waals surface area contributed by atoms with Crippen molar-refractivity contribution in [3.05, 3.63) is 74.4 Å². The van der Waals surface area contributed by atoms with Gasteiger partial charge in [-0.3, -0.25) is 14.5 Å². The van der Waals surface area contributed by atoms with Crippen LogP contribution in [0.2, 0.25) is 15.1 Å². The van der Waals surface area contributed by atoms with Crippen LogP contribution in [0.5, 0.6) is 0 Å². The Kier molecular flexibility index (Phi) is 5.02. The molecule has 0 saturated heterocycles. The molecule has 1 atom stereocenters. The van der Waals surface area contributed by atoms with Crippen molar-refractivity contribution in [2.75, 3.05) is 4.90 Å². The Morgan fingerprint density at radius 1 is 0.889 bits per heavy atom. The van der Waals surface area contributed by atoms with Crippen LogP contribution in [0.4, 0.5) is 5.69 Å². The van der Waals surface area contributed by atoms with E-state index >= 15 is 0 Å². The van der Waals surface area contributed by atoms with Gasteiger partial charge in [0.2, 0.25) is 5.91 Å². The Hall–Kier alpha value is -1.81. The minimum absolute atomic E-state index is 0.0539. The lowest BCUT2D eigenvalue weighted by Crippen LogP contribution is -2.40. The van der Waals surface area contributed by atoms with Crippen LogP contribution in [-0.2, 0) is 9.59 Å². The lowest BCUT2D eigenvalue weighted by atomic mass is 9.77. The third-order valence-electron chi connectivity index (χ3n) is 5.11. The monoisotopic (exact) mass is 419 g/mol. The first-order valence-corrected chi connectivity index (χ1v) is 9.89. The zero-order valence-electron chi connectivity index (χ0n) is 14.3. The van der Waals surface area contributed by atoms with Crippen molar-refractivity contribution >= 4 is 52.2 Å². The van der Waals surface area contributed by atoms with Gasteiger partial charge in [-0.15, -0.1) is 0 Å². The summed E-state index contributed by atoms with van der Waals surface area (Å²) in [6.45, 7) is 0. The zero-order valence-corrected chi connectivity index (χ0v) is 16.6. The molecule has 0 spiro atoms. The Labute approximate surface area is 172 Å². The molecule has 2 aliphatic rings. The van der Waals surface area contributed by atoms with Crippen LogP contribution in [0.3, 0.4) is 0 Å². The van der Waals surface area contributed by atoms with Crippen molar-refractivity contribution in [1.82, 2.24) is 0 Å². The number of hydrogen-bond donors (Lipinski definition) is 0. The Morgan fingerprint density at radius 3 is 2.33 bits per heavy atom. The minimum Gasteiger partial charge on any atom is -0.294 e. The number of Topliss-reactive ketones (excluding diaryl/α,β-unsaturated/α-hetero) is 1. The molecule has 1 aliphatic heterocycles. The molecule has 27 heavy (non-hydrogen) atoms. The molecule has 4 rings (SSSR count). The molecule has 1 heterocycles. The lowest BCUT2D eigenvalue weighted by molar-refractivity contribution is -0.119. The summed E-state index contributed by atoms with van der Waals surface area (Å²) < 4.78 is 0. The van der Waals surface area contributed by atoms with Crippen molar-refractivity contribution in [2.45, 2.75) is 31.6 Å². The van der Waals surface area contributed by atoms with Gasteiger partial charge in [0.15, 0.2) is 5.78 Å². The molecular weight excluding hydrogens is 405 g/mol. The smallest absolute Gasteiger partial charge is 0.232 e. The summed E-state index contributed by atoms with van der Waals surface area (Å²) in [5.74, 6) is -0.188. The number of rotatable bonds is 2. The summed E-state index contributed by atoms with van der Waals surface area (Å²) in [5.41, 5.74) is 3.09. The number of hydrogen-bond acceptors (Lipinski definition) is 2. The molecular formula is C21H16Cl3NO2. The fourth-order valence-electron chi connectivity index (χ4n) is 3.90. The summed E-state index contributed by atoms with van der Waals surface area (Å²) in [6.07, 6.45) is 2.14. The van der Waals surface area contributed by atoms with E-state index in [1.807, 2.05) is 12.1 Å². The molecule has 6 heteroatoms. The van der Waals surface area contributed by atoms with Gasteiger partial charge in [-0.2, -0.15) is 0 Å². The summed E-state index contributed by atoms with van der Waals surface area (Å²) in [4.78, 5) is 27.5. The number of carbonyl (C=O) groups excluding carboxylic acids is 2. The highest BCUT2D eigenvalue weighted by atomic mass is 35.5. The fourth-order valence-corrected chi connectivity index (χ4v) is 4.31. The van der Waals surface area contributed by atoms with E-state index in [-0.39, 0.29) is 24.0 Å². The average molecular weight is 421 g/mol. The zero-order chi connectivity index (χ0) is 19.1. The van der Waals surface area contributed by atoms with Crippen molar-refractivity contribution < 1.29 is 9.59 Å². The second-order valence-corrected chi connectivity index (χ2v) is 8.02. The van der Waals surface area contributed by atoms with Crippen LogP contribution in [0.25, 0.3) is 0 Å². The molecule has 2 aromatic carbocycles. The van der Waals surface area contributed by atoms with Gasteiger partial charge < -0.3 is 0 Å². The predicted octanol–water partition coefficient (Wildman–Crippen LogP) is 6.17. The van der Waals surface area contributed by atoms with Crippen LogP contribution >= 0.6 is 34.8 Å².